The third kappa shape index (κ3) is 3.57. The fourth-order valence-corrected chi connectivity index (χ4v) is 3.92. The highest BCUT2D eigenvalue weighted by Gasteiger charge is 2.28. The maximum atomic E-state index is 13.9. The van der Waals surface area contributed by atoms with Crippen LogP contribution in [0.25, 0.3) is 10.7 Å². The van der Waals surface area contributed by atoms with Gasteiger partial charge in [0, 0.05) is 36.7 Å². The molecule has 3 heterocycles. The zero-order valence-electron chi connectivity index (χ0n) is 14.7. The van der Waals surface area contributed by atoms with E-state index in [4.69, 9.17) is 0 Å². The molecule has 1 N–H and O–H groups in total. The molecular weight excluding hydrogens is 386 g/mol. The first-order valence-corrected chi connectivity index (χ1v) is 9.65. The van der Waals surface area contributed by atoms with Crippen molar-refractivity contribution in [3.63, 3.8) is 0 Å². The smallest absolute Gasteiger partial charge is 0.256 e. The highest BCUT2D eigenvalue weighted by Crippen LogP contribution is 2.28. The predicted molar refractivity (Wildman–Crippen MR) is 100 cm³/mol. The van der Waals surface area contributed by atoms with Crippen molar-refractivity contribution in [2.24, 2.45) is 0 Å². The molecule has 4 rings (SSSR count). The number of thiazole rings is 1. The Morgan fingerprint density at radius 2 is 2.04 bits per heavy atom. The van der Waals surface area contributed by atoms with Crippen molar-refractivity contribution in [3.05, 3.63) is 69.2 Å². The Morgan fingerprint density at radius 1 is 1.25 bits per heavy atom. The summed E-state index contributed by atoms with van der Waals surface area (Å²) >= 11 is 1.40. The van der Waals surface area contributed by atoms with Crippen molar-refractivity contribution in [2.75, 3.05) is 13.1 Å². The molecule has 6 nitrogen and oxygen atoms in total. The third-order valence-electron chi connectivity index (χ3n) is 4.76. The van der Waals surface area contributed by atoms with E-state index in [1.807, 2.05) is 5.38 Å². The molecule has 1 aliphatic rings. The molecule has 0 radical (unpaired) electrons. The largest absolute Gasteiger partial charge is 0.339 e. The summed E-state index contributed by atoms with van der Waals surface area (Å²) in [6, 6.07) is 4.99. The van der Waals surface area contributed by atoms with E-state index in [-0.39, 0.29) is 17.0 Å². The van der Waals surface area contributed by atoms with Crippen LogP contribution in [0.5, 0.6) is 0 Å². The van der Waals surface area contributed by atoms with Gasteiger partial charge < -0.3 is 9.88 Å². The van der Waals surface area contributed by atoms with E-state index in [0.29, 0.717) is 42.5 Å². The van der Waals surface area contributed by atoms with Gasteiger partial charge in [0.2, 0.25) is 0 Å². The van der Waals surface area contributed by atoms with Gasteiger partial charge in [0.1, 0.15) is 16.5 Å². The monoisotopic (exact) mass is 402 g/mol. The van der Waals surface area contributed by atoms with Crippen LogP contribution in [0.3, 0.4) is 0 Å². The number of amides is 1. The summed E-state index contributed by atoms with van der Waals surface area (Å²) in [5.74, 6) is -2.18. The fraction of sp³-hybridized carbons (Fsp3) is 0.263. The Hall–Kier alpha value is -2.94. The zero-order valence-corrected chi connectivity index (χ0v) is 15.5. The van der Waals surface area contributed by atoms with Gasteiger partial charge >= 0.3 is 0 Å². The Bertz CT molecular complexity index is 1060. The van der Waals surface area contributed by atoms with E-state index in [0.717, 1.165) is 6.07 Å². The molecule has 0 bridgehead atoms. The van der Waals surface area contributed by atoms with Crippen LogP contribution in [0.1, 0.15) is 34.9 Å². The molecule has 1 saturated heterocycles. The number of hydrogen-bond donors (Lipinski definition) is 1. The van der Waals surface area contributed by atoms with Crippen LogP contribution in [0.4, 0.5) is 8.78 Å². The summed E-state index contributed by atoms with van der Waals surface area (Å²) in [6.45, 7) is 0.731. The summed E-state index contributed by atoms with van der Waals surface area (Å²) in [7, 11) is 0. The van der Waals surface area contributed by atoms with Gasteiger partial charge in [-0.1, -0.05) is 6.07 Å². The molecule has 0 spiro atoms. The number of nitrogens with zero attached hydrogens (tertiary/aromatic N) is 3. The van der Waals surface area contributed by atoms with Gasteiger partial charge in [0.25, 0.3) is 11.5 Å². The standard InChI is InChI=1S/C19H16F2N4O2S/c20-13-3-1-2-12(16(13)21)19(27)25-7-4-11(5-8-25)17-23-14(10-15(26)24-17)18-22-6-9-28-18/h1-3,6,9-11H,4-5,7-8H2,(H,23,24,26). The Labute approximate surface area is 162 Å². The topological polar surface area (TPSA) is 79.0 Å². The minimum Gasteiger partial charge on any atom is -0.339 e. The zero-order chi connectivity index (χ0) is 19.7. The number of halogens is 2. The number of rotatable bonds is 3. The van der Waals surface area contributed by atoms with Gasteiger partial charge in [0.15, 0.2) is 11.6 Å². The minimum absolute atomic E-state index is 0.0333. The van der Waals surface area contributed by atoms with Crippen LogP contribution >= 0.6 is 11.3 Å². The molecule has 0 atom stereocenters. The number of carbonyl (C=O) groups excluding carboxylic acids is 1. The molecule has 9 heteroatoms. The first kappa shape index (κ1) is 18.4. The maximum absolute atomic E-state index is 13.9. The summed E-state index contributed by atoms with van der Waals surface area (Å²) in [5.41, 5.74) is 0.000347. The number of benzene rings is 1. The van der Waals surface area contributed by atoms with Gasteiger partial charge in [-0.3, -0.25) is 9.59 Å². The van der Waals surface area contributed by atoms with Crippen LogP contribution in [0, 0.1) is 11.6 Å². The number of H-pyrrole nitrogens is 1. The molecule has 1 aliphatic heterocycles. The lowest BCUT2D eigenvalue weighted by atomic mass is 9.95. The van der Waals surface area contributed by atoms with E-state index in [1.165, 1.54) is 34.4 Å². The Morgan fingerprint density at radius 3 is 2.75 bits per heavy atom. The molecule has 3 aromatic rings. The van der Waals surface area contributed by atoms with Crippen LogP contribution in [-0.4, -0.2) is 38.8 Å². The summed E-state index contributed by atoms with van der Waals surface area (Å²) in [6.07, 6.45) is 2.78. The van der Waals surface area contributed by atoms with Gasteiger partial charge in [-0.05, 0) is 25.0 Å². The first-order valence-electron chi connectivity index (χ1n) is 8.77. The minimum atomic E-state index is -1.13. The third-order valence-corrected chi connectivity index (χ3v) is 5.56. The predicted octanol–water partition coefficient (Wildman–Crippen LogP) is 3.19. The van der Waals surface area contributed by atoms with Crippen molar-refractivity contribution in [3.8, 4) is 10.7 Å². The first-order chi connectivity index (χ1) is 13.5. The fourth-order valence-electron chi connectivity index (χ4n) is 3.32. The number of aromatic amines is 1. The van der Waals surface area contributed by atoms with E-state index >= 15 is 0 Å². The van der Waals surface area contributed by atoms with Gasteiger partial charge in [0.05, 0.1) is 5.56 Å². The number of likely N-dealkylation sites (tertiary alicyclic amines) is 1. The molecule has 1 fully saturated rings. The molecule has 1 amide bonds. The van der Waals surface area contributed by atoms with E-state index in [9.17, 15) is 18.4 Å². The lowest BCUT2D eigenvalue weighted by Gasteiger charge is -2.31. The van der Waals surface area contributed by atoms with Gasteiger partial charge in [-0.2, -0.15) is 0 Å². The quantitative estimate of drug-likeness (QED) is 0.730. The molecule has 144 valence electrons. The molecule has 1 aromatic carbocycles. The molecular formula is C19H16F2N4O2S. The lowest BCUT2D eigenvalue weighted by Crippen LogP contribution is -2.39. The maximum Gasteiger partial charge on any atom is 0.256 e. The second-order valence-electron chi connectivity index (χ2n) is 6.52. The van der Waals surface area contributed by atoms with Gasteiger partial charge in [-0.25, -0.2) is 18.7 Å². The number of carbonyl (C=O) groups is 1. The van der Waals surface area contributed by atoms with E-state index in [2.05, 4.69) is 15.0 Å². The molecule has 0 saturated carbocycles. The van der Waals surface area contributed by atoms with E-state index in [1.54, 1.807) is 6.20 Å². The van der Waals surface area contributed by atoms with Crippen molar-refractivity contribution < 1.29 is 13.6 Å². The average Bonchev–Trinajstić information content (AvgIpc) is 3.24. The van der Waals surface area contributed by atoms with Crippen LogP contribution in [-0.2, 0) is 0 Å². The van der Waals surface area contributed by atoms with Crippen LogP contribution in [0.2, 0.25) is 0 Å². The summed E-state index contributed by atoms with van der Waals surface area (Å²) in [4.78, 5) is 37.5. The van der Waals surface area contributed by atoms with E-state index < -0.39 is 17.5 Å². The second-order valence-corrected chi connectivity index (χ2v) is 7.42. The molecule has 0 unspecified atom stereocenters. The van der Waals surface area contributed by atoms with Crippen molar-refractivity contribution in [1.82, 2.24) is 19.9 Å². The lowest BCUT2D eigenvalue weighted by molar-refractivity contribution is 0.0705. The van der Waals surface area contributed by atoms with Crippen molar-refractivity contribution in [1.29, 1.82) is 0 Å². The number of piperidine rings is 1. The van der Waals surface area contributed by atoms with Crippen LogP contribution < -0.4 is 5.56 Å². The highest BCUT2D eigenvalue weighted by molar-refractivity contribution is 7.13. The summed E-state index contributed by atoms with van der Waals surface area (Å²) in [5, 5.41) is 2.48. The van der Waals surface area contributed by atoms with Crippen molar-refractivity contribution in [2.45, 2.75) is 18.8 Å². The SMILES string of the molecule is O=C(c1cccc(F)c1F)N1CCC(c2nc(-c3nccs3)cc(=O)[nH]2)CC1. The molecule has 28 heavy (non-hydrogen) atoms. The van der Waals surface area contributed by atoms with Crippen molar-refractivity contribution >= 4 is 17.2 Å². The second kappa shape index (κ2) is 7.59. The number of nitrogens with one attached hydrogen (secondary N) is 1. The molecule has 2 aromatic heterocycles. The normalized spacial score (nSPS) is 15.0. The van der Waals surface area contributed by atoms with Gasteiger partial charge in [-0.15, -0.1) is 11.3 Å². The summed E-state index contributed by atoms with van der Waals surface area (Å²) < 4.78 is 27.3. The number of aromatic nitrogens is 3. The Balaban J connectivity index is 1.49. The van der Waals surface area contributed by atoms with Crippen LogP contribution in [0.15, 0.2) is 40.6 Å². The average molecular weight is 402 g/mol. The highest BCUT2D eigenvalue weighted by atomic mass is 32.1. The number of hydrogen-bond acceptors (Lipinski definition) is 5. The Kier molecular flexibility index (Phi) is 4.99. The molecule has 0 aliphatic carbocycles.